The van der Waals surface area contributed by atoms with Crippen LogP contribution in [0.5, 0.6) is 11.5 Å². The standard InChI is InChI=1S/C34H26BrClN2O5S2/c1-3-42-33(40)28-29(22-10-5-4-6-11-22)37-34-38(30(28)26-13-8-14-44-26)32(39)27(45-34)18-21-16-24(35)31(25(17-21)41-2)43-19-20-9-7-12-23(36)15-20/h4-18,30H,3,19H2,1-2H3/b27-18-/t30-/m0/s1. The third kappa shape index (κ3) is 6.41. The van der Waals surface area contributed by atoms with E-state index in [1.165, 1.54) is 22.7 Å². The molecule has 0 amide bonds. The maximum Gasteiger partial charge on any atom is 0.338 e. The van der Waals surface area contributed by atoms with E-state index in [-0.39, 0.29) is 12.2 Å². The number of rotatable bonds is 9. The Labute approximate surface area is 280 Å². The number of aromatic nitrogens is 1. The summed E-state index contributed by atoms with van der Waals surface area (Å²) in [6.07, 6.45) is 1.79. The first-order valence-electron chi connectivity index (χ1n) is 13.9. The Morgan fingerprint density at radius 2 is 1.91 bits per heavy atom. The first kappa shape index (κ1) is 31.0. The molecule has 0 saturated carbocycles. The molecule has 0 bridgehead atoms. The van der Waals surface area contributed by atoms with Gasteiger partial charge in [-0.15, -0.1) is 11.3 Å². The molecule has 2 aromatic heterocycles. The van der Waals surface area contributed by atoms with Gasteiger partial charge in [0.1, 0.15) is 12.6 Å². The van der Waals surface area contributed by atoms with Crippen LogP contribution < -0.4 is 24.4 Å². The molecule has 0 N–H and O–H groups in total. The van der Waals surface area contributed by atoms with Crippen LogP contribution in [0, 0.1) is 0 Å². The quantitative estimate of drug-likeness (QED) is 0.153. The van der Waals surface area contributed by atoms with Crippen molar-refractivity contribution >= 4 is 67.9 Å². The molecule has 0 saturated heterocycles. The summed E-state index contributed by atoms with van der Waals surface area (Å²) in [5.74, 6) is 0.521. The number of nitrogens with zero attached hydrogens (tertiary/aromatic N) is 2. The van der Waals surface area contributed by atoms with Crippen molar-refractivity contribution in [3.63, 3.8) is 0 Å². The van der Waals surface area contributed by atoms with Crippen LogP contribution in [-0.2, 0) is 16.1 Å². The molecular formula is C34H26BrClN2O5S2. The van der Waals surface area contributed by atoms with E-state index in [1.54, 1.807) is 24.7 Å². The van der Waals surface area contributed by atoms with Gasteiger partial charge in [-0.05, 0) is 75.8 Å². The van der Waals surface area contributed by atoms with Gasteiger partial charge < -0.3 is 14.2 Å². The topological polar surface area (TPSA) is 79.1 Å². The molecule has 0 spiro atoms. The van der Waals surface area contributed by atoms with Crippen LogP contribution in [0.2, 0.25) is 5.02 Å². The zero-order valence-corrected chi connectivity index (χ0v) is 28.1. The molecule has 1 atom stereocenters. The highest BCUT2D eigenvalue weighted by molar-refractivity contribution is 9.10. The Morgan fingerprint density at radius 1 is 1.09 bits per heavy atom. The van der Waals surface area contributed by atoms with Crippen LogP contribution in [0.4, 0.5) is 0 Å². The maximum absolute atomic E-state index is 14.1. The second-order valence-corrected chi connectivity index (χ2v) is 13.2. The zero-order valence-electron chi connectivity index (χ0n) is 24.2. The van der Waals surface area contributed by atoms with Gasteiger partial charge in [0.25, 0.3) is 5.56 Å². The zero-order chi connectivity index (χ0) is 31.5. The number of hydrogen-bond donors (Lipinski definition) is 0. The minimum atomic E-state index is -0.693. The first-order valence-corrected chi connectivity index (χ1v) is 16.8. The van der Waals surface area contributed by atoms with E-state index in [2.05, 4.69) is 15.9 Å². The number of thiophene rings is 1. The van der Waals surface area contributed by atoms with Crippen LogP contribution >= 0.6 is 50.2 Å². The van der Waals surface area contributed by atoms with E-state index in [4.69, 9.17) is 30.8 Å². The van der Waals surface area contributed by atoms with E-state index in [0.717, 1.165) is 21.6 Å². The van der Waals surface area contributed by atoms with Gasteiger partial charge in [-0.25, -0.2) is 9.79 Å². The van der Waals surface area contributed by atoms with Crippen molar-refractivity contribution in [3.05, 3.63) is 141 Å². The summed E-state index contributed by atoms with van der Waals surface area (Å²) in [5.41, 5.74) is 2.96. The molecule has 0 unspecified atom stereocenters. The normalized spacial score (nSPS) is 14.6. The number of methoxy groups -OCH3 is 1. The van der Waals surface area contributed by atoms with Gasteiger partial charge in [-0.2, -0.15) is 0 Å². The molecule has 45 heavy (non-hydrogen) atoms. The summed E-state index contributed by atoms with van der Waals surface area (Å²) in [6.45, 7) is 2.25. The number of ether oxygens (including phenoxy) is 3. The van der Waals surface area contributed by atoms with Gasteiger partial charge in [0, 0.05) is 15.5 Å². The number of hydrogen-bond acceptors (Lipinski definition) is 8. The first-order chi connectivity index (χ1) is 21.9. The van der Waals surface area contributed by atoms with Crippen molar-refractivity contribution < 1.29 is 19.0 Å². The molecule has 228 valence electrons. The third-order valence-electron chi connectivity index (χ3n) is 7.01. The van der Waals surface area contributed by atoms with E-state index in [1.807, 2.05) is 84.2 Å². The molecule has 0 radical (unpaired) electrons. The van der Waals surface area contributed by atoms with E-state index in [0.29, 0.717) is 48.2 Å². The molecular weight excluding hydrogens is 696 g/mol. The number of carbonyl (C=O) groups excluding carboxylic acids is 1. The molecule has 1 aliphatic heterocycles. The van der Waals surface area contributed by atoms with E-state index < -0.39 is 12.0 Å². The summed E-state index contributed by atoms with van der Waals surface area (Å²) in [5, 5.41) is 2.56. The summed E-state index contributed by atoms with van der Waals surface area (Å²) in [6, 6.07) is 23.8. The monoisotopic (exact) mass is 720 g/mol. The largest absolute Gasteiger partial charge is 0.493 e. The van der Waals surface area contributed by atoms with E-state index >= 15 is 0 Å². The molecule has 0 aliphatic carbocycles. The second kappa shape index (κ2) is 13.6. The highest BCUT2D eigenvalue weighted by Crippen LogP contribution is 2.38. The van der Waals surface area contributed by atoms with Gasteiger partial charge >= 0.3 is 5.97 Å². The van der Waals surface area contributed by atoms with Gasteiger partial charge in [-0.3, -0.25) is 9.36 Å². The SMILES string of the molecule is CCOC(=O)C1=C(c2ccccc2)N=c2s/c(=C\c3cc(Br)c(OCc4cccc(Cl)c4)c(OC)c3)c(=O)n2[C@H]1c1cccs1. The van der Waals surface area contributed by atoms with Crippen LogP contribution in [0.1, 0.15) is 34.5 Å². The molecule has 11 heteroatoms. The highest BCUT2D eigenvalue weighted by atomic mass is 79.9. The molecule has 5 aromatic rings. The van der Waals surface area contributed by atoms with Gasteiger partial charge in [-0.1, -0.05) is 71.5 Å². The van der Waals surface area contributed by atoms with Gasteiger partial charge in [0.15, 0.2) is 16.3 Å². The van der Waals surface area contributed by atoms with Crippen LogP contribution in [0.25, 0.3) is 11.8 Å². The number of benzene rings is 3. The fraction of sp³-hybridized carbons (Fsp3) is 0.147. The highest BCUT2D eigenvalue weighted by Gasteiger charge is 2.35. The van der Waals surface area contributed by atoms with Crippen LogP contribution in [0.3, 0.4) is 0 Å². The fourth-order valence-corrected chi connectivity index (χ4v) is 7.66. The molecule has 1 aliphatic rings. The Bertz CT molecular complexity index is 2090. The van der Waals surface area contributed by atoms with Gasteiger partial charge in [0.05, 0.1) is 34.0 Å². The summed E-state index contributed by atoms with van der Waals surface area (Å²) < 4.78 is 20.0. The minimum Gasteiger partial charge on any atom is -0.493 e. The predicted molar refractivity (Wildman–Crippen MR) is 182 cm³/mol. The lowest BCUT2D eigenvalue weighted by molar-refractivity contribution is -0.138. The number of carbonyl (C=O) groups is 1. The molecule has 6 rings (SSSR count). The van der Waals surface area contributed by atoms with Crippen molar-refractivity contribution in [2.24, 2.45) is 4.99 Å². The molecule has 3 aromatic carbocycles. The fourth-order valence-electron chi connectivity index (χ4n) is 5.05. The van der Waals surface area contributed by atoms with Crippen molar-refractivity contribution in [2.75, 3.05) is 13.7 Å². The smallest absolute Gasteiger partial charge is 0.338 e. The number of fused-ring (bicyclic) bond motifs is 1. The average Bonchev–Trinajstić information content (AvgIpc) is 3.68. The lowest BCUT2D eigenvalue weighted by Gasteiger charge is -2.24. The predicted octanol–water partition coefficient (Wildman–Crippen LogP) is 7.00. The maximum atomic E-state index is 14.1. The minimum absolute atomic E-state index is 0.196. The van der Waals surface area contributed by atoms with Crippen molar-refractivity contribution in [3.8, 4) is 11.5 Å². The summed E-state index contributed by atoms with van der Waals surface area (Å²) in [7, 11) is 1.56. The van der Waals surface area contributed by atoms with Crippen molar-refractivity contribution in [1.29, 1.82) is 0 Å². The number of esters is 1. The molecule has 7 nitrogen and oxygen atoms in total. The molecule has 0 fully saturated rings. The lowest BCUT2D eigenvalue weighted by atomic mass is 9.97. The number of halogens is 2. The number of thiazole rings is 1. The van der Waals surface area contributed by atoms with Crippen LogP contribution in [-0.4, -0.2) is 24.3 Å². The lowest BCUT2D eigenvalue weighted by Crippen LogP contribution is -2.39. The Balaban J connectivity index is 1.47. The Hall–Kier alpha value is -3.96. The Morgan fingerprint density at radius 3 is 2.62 bits per heavy atom. The second-order valence-electron chi connectivity index (χ2n) is 9.90. The average molecular weight is 722 g/mol. The van der Waals surface area contributed by atoms with Crippen LogP contribution in [0.15, 0.2) is 104 Å². The van der Waals surface area contributed by atoms with Gasteiger partial charge in [0.2, 0.25) is 0 Å². The summed E-state index contributed by atoms with van der Waals surface area (Å²) >= 11 is 12.5. The molecule has 3 heterocycles. The van der Waals surface area contributed by atoms with Crippen molar-refractivity contribution in [1.82, 2.24) is 4.57 Å². The summed E-state index contributed by atoms with van der Waals surface area (Å²) in [4.78, 5) is 33.8. The third-order valence-corrected chi connectivity index (χ3v) is 9.74. The van der Waals surface area contributed by atoms with E-state index in [9.17, 15) is 9.59 Å². The van der Waals surface area contributed by atoms with Crippen molar-refractivity contribution in [2.45, 2.75) is 19.6 Å². The Kier molecular flexibility index (Phi) is 9.37.